The number of rotatable bonds is 10. The molecule has 0 aliphatic heterocycles. The zero-order valence-corrected chi connectivity index (χ0v) is 27.6. The second-order valence-electron chi connectivity index (χ2n) is 12.4. The Kier molecular flexibility index (Phi) is 8.75. The molecule has 0 saturated heterocycles. The molecule has 0 spiro atoms. The predicted molar refractivity (Wildman–Crippen MR) is 204 cm³/mol. The molecule has 2 heteroatoms. The maximum atomic E-state index is 2.45. The Hall–Kier alpha value is -5.34. The third-order valence-electron chi connectivity index (χ3n) is 9.40. The van der Waals surface area contributed by atoms with Gasteiger partial charge in [0.25, 0.3) is 0 Å². The summed E-state index contributed by atoms with van der Waals surface area (Å²) in [6.07, 6.45) is 3.39. The number of hydrogen-bond donors (Lipinski definition) is 0. The average Bonchev–Trinajstić information content (AvgIpc) is 3.14. The summed E-state index contributed by atoms with van der Waals surface area (Å²) >= 11 is 0. The van der Waals surface area contributed by atoms with Gasteiger partial charge in [-0.25, -0.2) is 0 Å². The molecule has 0 fully saturated rings. The van der Waals surface area contributed by atoms with Crippen molar-refractivity contribution in [3.8, 4) is 0 Å². The molecule has 0 amide bonds. The van der Waals surface area contributed by atoms with Gasteiger partial charge < -0.3 is 9.80 Å². The van der Waals surface area contributed by atoms with E-state index in [1.807, 2.05) is 0 Å². The largest absolute Gasteiger partial charge is 0.309 e. The van der Waals surface area contributed by atoms with Gasteiger partial charge in [-0.3, -0.25) is 0 Å². The van der Waals surface area contributed by atoms with Gasteiger partial charge in [-0.15, -0.1) is 0 Å². The summed E-state index contributed by atoms with van der Waals surface area (Å²) in [6, 6.07) is 57.7. The van der Waals surface area contributed by atoms with E-state index in [9.17, 15) is 0 Å². The van der Waals surface area contributed by atoms with Crippen LogP contribution in [0, 0.1) is 0 Å². The Balaban J connectivity index is 1.53. The minimum Gasteiger partial charge on any atom is -0.309 e. The van der Waals surface area contributed by atoms with Crippen LogP contribution >= 0.6 is 0 Å². The highest BCUT2D eigenvalue weighted by Crippen LogP contribution is 2.50. The van der Waals surface area contributed by atoms with E-state index in [0.29, 0.717) is 5.92 Å². The van der Waals surface area contributed by atoms with Crippen molar-refractivity contribution in [2.24, 2.45) is 0 Å². The third kappa shape index (κ3) is 5.88. The number of fused-ring (bicyclic) bond motifs is 2. The van der Waals surface area contributed by atoms with E-state index >= 15 is 0 Å². The van der Waals surface area contributed by atoms with Crippen LogP contribution in [0.2, 0.25) is 0 Å². The van der Waals surface area contributed by atoms with Crippen molar-refractivity contribution < 1.29 is 0 Å². The lowest BCUT2D eigenvalue weighted by molar-refractivity contribution is 0.665. The van der Waals surface area contributed by atoms with Crippen molar-refractivity contribution in [2.45, 2.75) is 46.0 Å². The van der Waals surface area contributed by atoms with Gasteiger partial charge in [-0.1, -0.05) is 136 Å². The van der Waals surface area contributed by atoms with Crippen LogP contribution in [0.1, 0.15) is 50.7 Å². The first-order chi connectivity index (χ1) is 23.2. The second kappa shape index (κ2) is 13.6. The zero-order valence-electron chi connectivity index (χ0n) is 27.6. The van der Waals surface area contributed by atoms with E-state index in [1.54, 1.807) is 0 Å². The molecule has 0 aliphatic carbocycles. The van der Waals surface area contributed by atoms with E-state index in [4.69, 9.17) is 0 Å². The third-order valence-corrected chi connectivity index (χ3v) is 9.40. The molecule has 0 heterocycles. The summed E-state index contributed by atoms with van der Waals surface area (Å²) in [5.74, 6) is 0.538. The molecule has 7 aromatic rings. The first kappa shape index (κ1) is 30.3. The summed E-state index contributed by atoms with van der Waals surface area (Å²) in [6.45, 7) is 6.81. The highest BCUT2D eigenvalue weighted by Gasteiger charge is 2.25. The highest BCUT2D eigenvalue weighted by atomic mass is 15.2. The van der Waals surface area contributed by atoms with Crippen LogP contribution in [0.5, 0.6) is 0 Å². The van der Waals surface area contributed by atoms with Gasteiger partial charge in [-0.2, -0.15) is 0 Å². The fourth-order valence-corrected chi connectivity index (χ4v) is 6.97. The van der Waals surface area contributed by atoms with Gasteiger partial charge >= 0.3 is 0 Å². The van der Waals surface area contributed by atoms with Gasteiger partial charge in [0.05, 0.1) is 11.4 Å². The van der Waals surface area contributed by atoms with E-state index < -0.39 is 0 Å². The summed E-state index contributed by atoms with van der Waals surface area (Å²) in [5, 5.41) is 4.83. The molecule has 0 aliphatic rings. The van der Waals surface area contributed by atoms with Crippen molar-refractivity contribution in [2.75, 3.05) is 9.80 Å². The topological polar surface area (TPSA) is 6.48 Å². The highest BCUT2D eigenvalue weighted by molar-refractivity contribution is 6.23. The summed E-state index contributed by atoms with van der Waals surface area (Å²) in [4.78, 5) is 4.89. The molecule has 1 atom stereocenters. The summed E-state index contributed by atoms with van der Waals surface area (Å²) in [5.41, 5.74) is 9.68. The molecule has 0 radical (unpaired) electrons. The molecule has 47 heavy (non-hydrogen) atoms. The van der Waals surface area contributed by atoms with Gasteiger partial charge in [0, 0.05) is 44.3 Å². The maximum absolute atomic E-state index is 2.45. The van der Waals surface area contributed by atoms with E-state index in [0.717, 1.165) is 29.2 Å². The first-order valence-electron chi connectivity index (χ1n) is 17.0. The molecule has 2 nitrogen and oxygen atoms in total. The minimum atomic E-state index is 0.538. The van der Waals surface area contributed by atoms with Crippen LogP contribution < -0.4 is 9.80 Å². The Labute approximate surface area is 279 Å². The second-order valence-corrected chi connectivity index (χ2v) is 12.4. The van der Waals surface area contributed by atoms with Crippen LogP contribution in [0.4, 0.5) is 34.1 Å². The molecular weight excluding hydrogens is 569 g/mol. The molecule has 0 aromatic heterocycles. The van der Waals surface area contributed by atoms with Crippen molar-refractivity contribution in [3.05, 3.63) is 169 Å². The Morgan fingerprint density at radius 2 is 0.787 bits per heavy atom. The summed E-state index contributed by atoms with van der Waals surface area (Å²) < 4.78 is 0. The predicted octanol–water partition coefficient (Wildman–Crippen LogP) is 13.4. The fraction of sp³-hybridized carbons (Fsp3) is 0.156. The molecule has 1 unspecified atom stereocenters. The standard InChI is InChI=1S/C45H42N2/c1-4-16-33(3)35-27-31-39(32-28-35)47(37-19-10-7-11-20-37)45-42-23-14-12-21-40(42)44(41-22-13-15-24-43(41)45)46(36-17-8-6-9-18-36)38-29-25-34(5-2)26-30-38/h6-15,17-33H,4-5,16H2,1-3H3. The average molecular weight is 611 g/mol. The molecule has 232 valence electrons. The van der Waals surface area contributed by atoms with Crippen molar-refractivity contribution in [1.82, 2.24) is 0 Å². The van der Waals surface area contributed by atoms with E-state index in [1.165, 1.54) is 56.9 Å². The van der Waals surface area contributed by atoms with Gasteiger partial charge in [0.1, 0.15) is 0 Å². The van der Waals surface area contributed by atoms with Crippen molar-refractivity contribution in [1.29, 1.82) is 0 Å². The Morgan fingerprint density at radius 1 is 0.426 bits per heavy atom. The van der Waals surface area contributed by atoms with Crippen LogP contribution in [-0.4, -0.2) is 0 Å². The number of benzene rings is 7. The normalized spacial score (nSPS) is 11.9. The van der Waals surface area contributed by atoms with Crippen LogP contribution in [0.25, 0.3) is 21.5 Å². The summed E-state index contributed by atoms with van der Waals surface area (Å²) in [7, 11) is 0. The van der Waals surface area contributed by atoms with Crippen molar-refractivity contribution in [3.63, 3.8) is 0 Å². The molecule has 0 N–H and O–H groups in total. The quantitative estimate of drug-likeness (QED) is 0.112. The van der Waals surface area contributed by atoms with Gasteiger partial charge in [-0.05, 0) is 78.4 Å². The van der Waals surface area contributed by atoms with Crippen LogP contribution in [0.3, 0.4) is 0 Å². The monoisotopic (exact) mass is 610 g/mol. The van der Waals surface area contributed by atoms with Gasteiger partial charge in [0.15, 0.2) is 0 Å². The molecule has 0 bridgehead atoms. The fourth-order valence-electron chi connectivity index (χ4n) is 6.97. The van der Waals surface area contributed by atoms with E-state index in [-0.39, 0.29) is 0 Å². The molecule has 7 aromatic carbocycles. The number of para-hydroxylation sites is 2. The smallest absolute Gasteiger partial charge is 0.0619 e. The molecule has 7 rings (SSSR count). The maximum Gasteiger partial charge on any atom is 0.0619 e. The van der Waals surface area contributed by atoms with Crippen LogP contribution in [0.15, 0.2) is 158 Å². The number of anilines is 6. The SMILES string of the molecule is CCCC(C)c1ccc(N(c2ccccc2)c2c3ccccc3c(N(c3ccccc3)c3ccc(CC)cc3)c3ccccc23)cc1. The number of nitrogens with zero attached hydrogens (tertiary/aromatic N) is 2. The van der Waals surface area contributed by atoms with E-state index in [2.05, 4.69) is 188 Å². The van der Waals surface area contributed by atoms with Gasteiger partial charge in [0.2, 0.25) is 0 Å². The first-order valence-corrected chi connectivity index (χ1v) is 17.0. The Bertz CT molecular complexity index is 2020. The minimum absolute atomic E-state index is 0.538. The Morgan fingerprint density at radius 3 is 1.17 bits per heavy atom. The lowest BCUT2D eigenvalue weighted by Crippen LogP contribution is -2.14. The zero-order chi connectivity index (χ0) is 32.2. The molecular formula is C45H42N2. The van der Waals surface area contributed by atoms with Crippen LogP contribution in [-0.2, 0) is 6.42 Å². The number of hydrogen-bond acceptors (Lipinski definition) is 2. The lowest BCUT2D eigenvalue weighted by atomic mass is 9.94. The number of aryl methyl sites for hydroxylation is 1. The lowest BCUT2D eigenvalue weighted by Gasteiger charge is -2.33. The molecule has 0 saturated carbocycles. The van der Waals surface area contributed by atoms with Crippen molar-refractivity contribution >= 4 is 55.7 Å².